The molecule has 2 aliphatic rings. The molecule has 0 aromatic rings. The number of rotatable bonds is 3. The maximum atomic E-state index is 5.45. The summed E-state index contributed by atoms with van der Waals surface area (Å²) in [5.74, 6) is 0. The van der Waals surface area contributed by atoms with Crippen molar-refractivity contribution in [1.82, 2.24) is 10.2 Å². The van der Waals surface area contributed by atoms with E-state index >= 15 is 0 Å². The summed E-state index contributed by atoms with van der Waals surface area (Å²) in [6.07, 6.45) is 1.04. The van der Waals surface area contributed by atoms with Gasteiger partial charge >= 0.3 is 0 Å². The van der Waals surface area contributed by atoms with Crippen LogP contribution in [0.4, 0.5) is 0 Å². The lowest BCUT2D eigenvalue weighted by atomic mass is 10.2. The molecular weight excluding hydrogens is 180 g/mol. The summed E-state index contributed by atoms with van der Waals surface area (Å²) in [5.41, 5.74) is 0. The molecule has 1 unspecified atom stereocenters. The minimum Gasteiger partial charge on any atom is -0.350 e. The van der Waals surface area contributed by atoms with Gasteiger partial charge in [0.05, 0.1) is 13.2 Å². The normalized spacial score (nSPS) is 28.1. The second-order valence-electron chi connectivity index (χ2n) is 4.04. The molecule has 4 heteroatoms. The topological polar surface area (TPSA) is 33.7 Å². The van der Waals surface area contributed by atoms with Gasteiger partial charge in [0.2, 0.25) is 0 Å². The number of hydrogen-bond donors (Lipinski definition) is 1. The van der Waals surface area contributed by atoms with Crippen LogP contribution in [0.1, 0.15) is 13.3 Å². The highest BCUT2D eigenvalue weighted by Gasteiger charge is 2.23. The molecular formula is C10H20N2O2. The third kappa shape index (κ3) is 2.67. The van der Waals surface area contributed by atoms with Gasteiger partial charge in [0.25, 0.3) is 0 Å². The Kier molecular flexibility index (Phi) is 3.75. The Bertz CT molecular complexity index is 166. The van der Waals surface area contributed by atoms with Gasteiger partial charge in [-0.25, -0.2) is 0 Å². The predicted molar refractivity (Wildman–Crippen MR) is 54.2 cm³/mol. The molecule has 4 nitrogen and oxygen atoms in total. The Morgan fingerprint density at radius 3 is 2.57 bits per heavy atom. The van der Waals surface area contributed by atoms with E-state index < -0.39 is 0 Å². The number of piperazine rings is 1. The van der Waals surface area contributed by atoms with Crippen LogP contribution in [0.15, 0.2) is 0 Å². The Morgan fingerprint density at radius 2 is 1.93 bits per heavy atom. The van der Waals surface area contributed by atoms with Crippen molar-refractivity contribution in [2.24, 2.45) is 0 Å². The van der Waals surface area contributed by atoms with Crippen LogP contribution in [0, 0.1) is 0 Å². The fraction of sp³-hybridized carbons (Fsp3) is 1.00. The summed E-state index contributed by atoms with van der Waals surface area (Å²) >= 11 is 0. The van der Waals surface area contributed by atoms with Crippen molar-refractivity contribution in [1.29, 1.82) is 0 Å². The van der Waals surface area contributed by atoms with Gasteiger partial charge in [-0.3, -0.25) is 4.90 Å². The zero-order valence-corrected chi connectivity index (χ0v) is 8.87. The van der Waals surface area contributed by atoms with Crippen molar-refractivity contribution in [3.63, 3.8) is 0 Å². The molecule has 2 heterocycles. The second-order valence-corrected chi connectivity index (χ2v) is 4.04. The summed E-state index contributed by atoms with van der Waals surface area (Å²) in [6.45, 7) is 8.30. The number of nitrogens with zero attached hydrogens (tertiary/aromatic N) is 1. The standard InChI is InChI=1S/C10H20N2O2/c1-9(8-10-13-6-7-14-10)12-4-2-11-3-5-12/h9-11H,2-8H2,1H3. The highest BCUT2D eigenvalue weighted by atomic mass is 16.7. The smallest absolute Gasteiger partial charge is 0.159 e. The maximum Gasteiger partial charge on any atom is 0.159 e. The van der Waals surface area contributed by atoms with E-state index in [1.165, 1.54) is 0 Å². The van der Waals surface area contributed by atoms with Gasteiger partial charge in [-0.05, 0) is 6.92 Å². The largest absolute Gasteiger partial charge is 0.350 e. The number of hydrogen-bond acceptors (Lipinski definition) is 4. The summed E-state index contributed by atoms with van der Waals surface area (Å²) in [7, 11) is 0. The Balaban J connectivity index is 1.72. The molecule has 0 bridgehead atoms. The quantitative estimate of drug-likeness (QED) is 0.697. The molecule has 0 saturated carbocycles. The highest BCUT2D eigenvalue weighted by Crippen LogP contribution is 2.14. The molecule has 2 aliphatic heterocycles. The molecule has 0 aromatic carbocycles. The lowest BCUT2D eigenvalue weighted by Crippen LogP contribution is -2.48. The van der Waals surface area contributed by atoms with Crippen molar-refractivity contribution in [3.05, 3.63) is 0 Å². The van der Waals surface area contributed by atoms with Crippen LogP contribution in [0.3, 0.4) is 0 Å². The molecule has 0 spiro atoms. The fourth-order valence-corrected chi connectivity index (χ4v) is 2.09. The van der Waals surface area contributed by atoms with Crippen LogP contribution in [0.2, 0.25) is 0 Å². The van der Waals surface area contributed by atoms with Crippen molar-refractivity contribution in [3.8, 4) is 0 Å². The summed E-state index contributed by atoms with van der Waals surface area (Å²) < 4.78 is 10.9. The maximum absolute atomic E-state index is 5.45. The lowest BCUT2D eigenvalue weighted by Gasteiger charge is -2.33. The number of nitrogens with one attached hydrogen (secondary N) is 1. The monoisotopic (exact) mass is 200 g/mol. The molecule has 2 saturated heterocycles. The molecule has 2 rings (SSSR count). The first kappa shape index (κ1) is 10.4. The van der Waals surface area contributed by atoms with E-state index in [0.29, 0.717) is 6.04 Å². The first-order valence-corrected chi connectivity index (χ1v) is 5.54. The molecule has 1 N–H and O–H groups in total. The van der Waals surface area contributed by atoms with Crippen molar-refractivity contribution >= 4 is 0 Å². The van der Waals surface area contributed by atoms with E-state index in [9.17, 15) is 0 Å². The van der Waals surface area contributed by atoms with Crippen LogP contribution < -0.4 is 5.32 Å². The van der Waals surface area contributed by atoms with E-state index in [1.807, 2.05) is 0 Å². The molecule has 1 atom stereocenters. The van der Waals surface area contributed by atoms with Gasteiger partial charge in [-0.1, -0.05) is 0 Å². The predicted octanol–water partition coefficient (Wildman–Crippen LogP) is 0.0431. The van der Waals surface area contributed by atoms with E-state index in [0.717, 1.165) is 45.8 Å². The van der Waals surface area contributed by atoms with Crippen LogP contribution >= 0.6 is 0 Å². The van der Waals surface area contributed by atoms with Gasteiger partial charge < -0.3 is 14.8 Å². The third-order valence-electron chi connectivity index (χ3n) is 3.00. The first-order valence-electron chi connectivity index (χ1n) is 5.54. The summed E-state index contributed by atoms with van der Waals surface area (Å²) in [6, 6.07) is 0.570. The third-order valence-corrected chi connectivity index (χ3v) is 3.00. The van der Waals surface area contributed by atoms with Gasteiger partial charge in [0.15, 0.2) is 6.29 Å². The molecule has 0 radical (unpaired) electrons. The Morgan fingerprint density at radius 1 is 1.29 bits per heavy atom. The van der Waals surface area contributed by atoms with Crippen molar-refractivity contribution < 1.29 is 9.47 Å². The molecule has 0 amide bonds. The Labute approximate surface area is 85.5 Å². The minimum absolute atomic E-state index is 0.0416. The van der Waals surface area contributed by atoms with Gasteiger partial charge in [-0.2, -0.15) is 0 Å². The van der Waals surface area contributed by atoms with E-state index in [-0.39, 0.29) is 6.29 Å². The van der Waals surface area contributed by atoms with Crippen molar-refractivity contribution in [2.75, 3.05) is 39.4 Å². The minimum atomic E-state index is 0.0416. The molecule has 82 valence electrons. The van der Waals surface area contributed by atoms with Gasteiger partial charge in [0, 0.05) is 38.6 Å². The lowest BCUT2D eigenvalue weighted by molar-refractivity contribution is -0.0616. The molecule has 0 aliphatic carbocycles. The van der Waals surface area contributed by atoms with E-state index in [4.69, 9.17) is 9.47 Å². The SMILES string of the molecule is CC(CC1OCCO1)N1CCNCC1. The first-order chi connectivity index (χ1) is 6.86. The fourth-order valence-electron chi connectivity index (χ4n) is 2.09. The van der Waals surface area contributed by atoms with Crippen LogP contribution in [-0.2, 0) is 9.47 Å². The van der Waals surface area contributed by atoms with Crippen LogP contribution in [-0.4, -0.2) is 56.6 Å². The van der Waals surface area contributed by atoms with E-state index in [2.05, 4.69) is 17.1 Å². The zero-order chi connectivity index (χ0) is 9.80. The molecule has 2 fully saturated rings. The van der Waals surface area contributed by atoms with Crippen LogP contribution in [0.5, 0.6) is 0 Å². The Hall–Kier alpha value is -0.160. The van der Waals surface area contributed by atoms with E-state index in [1.54, 1.807) is 0 Å². The molecule has 0 aromatic heterocycles. The van der Waals surface area contributed by atoms with Crippen LogP contribution in [0.25, 0.3) is 0 Å². The highest BCUT2D eigenvalue weighted by molar-refractivity contribution is 4.75. The van der Waals surface area contributed by atoms with Crippen molar-refractivity contribution in [2.45, 2.75) is 25.7 Å². The molecule has 14 heavy (non-hydrogen) atoms. The summed E-state index contributed by atoms with van der Waals surface area (Å²) in [5, 5.41) is 3.36. The van der Waals surface area contributed by atoms with Gasteiger partial charge in [0.1, 0.15) is 0 Å². The van der Waals surface area contributed by atoms with Gasteiger partial charge in [-0.15, -0.1) is 0 Å². The summed E-state index contributed by atoms with van der Waals surface area (Å²) in [4.78, 5) is 2.50. The second kappa shape index (κ2) is 5.07. The average Bonchev–Trinajstić information content (AvgIpc) is 2.72. The average molecular weight is 200 g/mol. The number of ether oxygens (including phenoxy) is 2. The zero-order valence-electron chi connectivity index (χ0n) is 8.87.